The highest BCUT2D eigenvalue weighted by atomic mass is 19.4. The van der Waals surface area contributed by atoms with E-state index in [0.717, 1.165) is 19.9 Å². The van der Waals surface area contributed by atoms with Crippen LogP contribution in [0.4, 0.5) is 26.3 Å². The van der Waals surface area contributed by atoms with E-state index in [1.807, 2.05) is 0 Å². The first kappa shape index (κ1) is 17.9. The third-order valence-electron chi connectivity index (χ3n) is 2.68. The minimum Gasteiger partial charge on any atom is -0.294 e. The Morgan fingerprint density at radius 1 is 0.818 bits per heavy atom. The van der Waals surface area contributed by atoms with Crippen molar-refractivity contribution in [3.05, 3.63) is 40.5 Å². The Morgan fingerprint density at radius 3 is 1.45 bits per heavy atom. The highest BCUT2D eigenvalue weighted by Gasteiger charge is 2.36. The zero-order valence-electron chi connectivity index (χ0n) is 11.4. The topological polar surface area (TPSA) is 34.1 Å². The summed E-state index contributed by atoms with van der Waals surface area (Å²) in [6, 6.07) is 0.862. The number of ketones is 2. The summed E-state index contributed by atoms with van der Waals surface area (Å²) >= 11 is 0. The van der Waals surface area contributed by atoms with E-state index in [9.17, 15) is 35.9 Å². The summed E-state index contributed by atoms with van der Waals surface area (Å²) in [5.41, 5.74) is -4.03. The summed E-state index contributed by atoms with van der Waals surface area (Å²) in [5, 5.41) is 0. The fraction of sp³-hybridized carbons (Fsp3) is 0.286. The van der Waals surface area contributed by atoms with Crippen LogP contribution in [-0.2, 0) is 21.9 Å². The molecule has 0 radical (unpaired) electrons. The maximum absolute atomic E-state index is 12.7. The molecule has 0 aromatic heterocycles. The van der Waals surface area contributed by atoms with Gasteiger partial charge in [0.05, 0.1) is 16.7 Å². The summed E-state index contributed by atoms with van der Waals surface area (Å²) in [6.45, 7) is 1.98. The Kier molecular flexibility index (Phi) is 4.84. The molecule has 1 aromatic rings. The monoisotopic (exact) mass is 324 g/mol. The molecule has 0 fully saturated rings. The van der Waals surface area contributed by atoms with Crippen molar-refractivity contribution in [2.45, 2.75) is 26.2 Å². The van der Waals surface area contributed by atoms with Gasteiger partial charge in [-0.2, -0.15) is 26.3 Å². The molecule has 0 atom stereocenters. The van der Waals surface area contributed by atoms with Gasteiger partial charge < -0.3 is 0 Å². The lowest BCUT2D eigenvalue weighted by molar-refractivity contribution is -0.143. The molecule has 22 heavy (non-hydrogen) atoms. The van der Waals surface area contributed by atoms with Crippen LogP contribution in [0.2, 0.25) is 0 Å². The SMILES string of the molecule is CC(=O)C(=Cc1cc(C(F)(F)F)cc(C(F)(F)F)c1)C(C)=O. The van der Waals surface area contributed by atoms with E-state index in [2.05, 4.69) is 0 Å². The average Bonchev–Trinajstić information content (AvgIpc) is 2.32. The highest BCUT2D eigenvalue weighted by Crippen LogP contribution is 2.36. The van der Waals surface area contributed by atoms with E-state index in [1.54, 1.807) is 0 Å². The van der Waals surface area contributed by atoms with Crippen LogP contribution in [0.5, 0.6) is 0 Å². The summed E-state index contributed by atoms with van der Waals surface area (Å²) < 4.78 is 76.0. The molecule has 0 saturated carbocycles. The Bertz CT molecular complexity index is 589. The van der Waals surface area contributed by atoms with Gasteiger partial charge >= 0.3 is 12.4 Å². The number of allylic oxidation sites excluding steroid dienone is 1. The van der Waals surface area contributed by atoms with Gasteiger partial charge in [0.2, 0.25) is 0 Å². The molecule has 0 amide bonds. The van der Waals surface area contributed by atoms with Gasteiger partial charge in [0, 0.05) is 0 Å². The van der Waals surface area contributed by atoms with Crippen LogP contribution in [0.3, 0.4) is 0 Å². The molecule has 0 unspecified atom stereocenters. The minimum atomic E-state index is -4.99. The Labute approximate surface area is 121 Å². The summed E-state index contributed by atoms with van der Waals surface area (Å²) in [7, 11) is 0. The van der Waals surface area contributed by atoms with Gasteiger partial charge in [-0.3, -0.25) is 9.59 Å². The predicted octanol–water partition coefficient (Wildman–Crippen LogP) is 4.29. The van der Waals surface area contributed by atoms with Crippen molar-refractivity contribution in [1.29, 1.82) is 0 Å². The highest BCUT2D eigenvalue weighted by molar-refractivity contribution is 6.21. The van der Waals surface area contributed by atoms with Crippen molar-refractivity contribution in [3.63, 3.8) is 0 Å². The summed E-state index contributed by atoms with van der Waals surface area (Å²) in [5.74, 6) is -1.50. The lowest BCUT2D eigenvalue weighted by Gasteiger charge is -2.13. The number of carbonyl (C=O) groups excluding carboxylic acids is 2. The van der Waals surface area contributed by atoms with Crippen LogP contribution >= 0.6 is 0 Å². The van der Waals surface area contributed by atoms with Gasteiger partial charge in [0.1, 0.15) is 0 Å². The van der Waals surface area contributed by atoms with Crippen LogP contribution in [0.15, 0.2) is 23.8 Å². The molecule has 0 aliphatic carbocycles. The molecule has 0 aliphatic heterocycles. The molecule has 0 bridgehead atoms. The van der Waals surface area contributed by atoms with Crippen molar-refractivity contribution >= 4 is 17.6 Å². The second-order valence-electron chi connectivity index (χ2n) is 4.51. The molecule has 0 aliphatic rings. The molecular weight excluding hydrogens is 314 g/mol. The first-order valence-electron chi connectivity index (χ1n) is 5.85. The van der Waals surface area contributed by atoms with Gasteiger partial charge in [0.25, 0.3) is 0 Å². The fourth-order valence-electron chi connectivity index (χ4n) is 1.68. The molecule has 1 rings (SSSR count). The standard InChI is InChI=1S/C14H10F6O2/c1-7(21)12(8(2)22)5-9-3-10(13(15,16)17)6-11(4-9)14(18,19)20/h3-6H,1-2H3. The fourth-order valence-corrected chi connectivity index (χ4v) is 1.68. The first-order valence-corrected chi connectivity index (χ1v) is 5.85. The quantitative estimate of drug-likeness (QED) is 0.360. The number of carbonyl (C=O) groups is 2. The Balaban J connectivity index is 3.58. The Morgan fingerprint density at radius 2 is 1.18 bits per heavy atom. The number of benzene rings is 1. The van der Waals surface area contributed by atoms with E-state index in [0.29, 0.717) is 12.1 Å². The smallest absolute Gasteiger partial charge is 0.294 e. The van der Waals surface area contributed by atoms with Crippen LogP contribution in [0.1, 0.15) is 30.5 Å². The number of hydrogen-bond acceptors (Lipinski definition) is 2. The lowest BCUT2D eigenvalue weighted by Crippen LogP contribution is -2.12. The van der Waals surface area contributed by atoms with E-state index in [-0.39, 0.29) is 6.07 Å². The van der Waals surface area contributed by atoms with Gasteiger partial charge in [-0.05, 0) is 43.7 Å². The van der Waals surface area contributed by atoms with Gasteiger partial charge in [0.15, 0.2) is 11.6 Å². The predicted molar refractivity (Wildman–Crippen MR) is 65.8 cm³/mol. The van der Waals surface area contributed by atoms with Crippen LogP contribution < -0.4 is 0 Å². The van der Waals surface area contributed by atoms with Crippen LogP contribution in [0.25, 0.3) is 6.08 Å². The molecular formula is C14H10F6O2. The summed E-state index contributed by atoms with van der Waals surface area (Å²) in [6.07, 6.45) is -9.26. The molecule has 1 aromatic carbocycles. The van der Waals surface area contributed by atoms with Gasteiger partial charge in [-0.15, -0.1) is 0 Å². The van der Waals surface area contributed by atoms with Crippen LogP contribution in [0, 0.1) is 0 Å². The molecule has 120 valence electrons. The third kappa shape index (κ3) is 4.44. The largest absolute Gasteiger partial charge is 0.416 e. The second-order valence-corrected chi connectivity index (χ2v) is 4.51. The Hall–Kier alpha value is -2.12. The molecule has 8 heteroatoms. The summed E-state index contributed by atoms with van der Waals surface area (Å²) in [4.78, 5) is 22.4. The van der Waals surface area contributed by atoms with Crippen molar-refractivity contribution in [3.8, 4) is 0 Å². The average molecular weight is 324 g/mol. The number of alkyl halides is 6. The molecule has 2 nitrogen and oxygen atoms in total. The maximum Gasteiger partial charge on any atom is 0.416 e. The lowest BCUT2D eigenvalue weighted by atomic mass is 10.00. The van der Waals surface area contributed by atoms with Gasteiger partial charge in [-0.1, -0.05) is 0 Å². The second kappa shape index (κ2) is 5.94. The van der Waals surface area contributed by atoms with E-state index in [4.69, 9.17) is 0 Å². The zero-order chi connectivity index (χ0) is 17.3. The number of halogens is 6. The van der Waals surface area contributed by atoms with E-state index >= 15 is 0 Å². The number of rotatable bonds is 3. The number of Topliss-reactive ketones (excluding diaryl/α,β-unsaturated/α-hetero) is 2. The van der Waals surface area contributed by atoms with Crippen molar-refractivity contribution in [2.75, 3.05) is 0 Å². The van der Waals surface area contributed by atoms with E-state index in [1.165, 1.54) is 0 Å². The molecule has 0 N–H and O–H groups in total. The molecule has 0 spiro atoms. The maximum atomic E-state index is 12.7. The zero-order valence-corrected chi connectivity index (χ0v) is 11.4. The van der Waals surface area contributed by atoms with E-state index < -0.39 is 46.2 Å². The third-order valence-corrected chi connectivity index (χ3v) is 2.68. The molecule has 0 heterocycles. The number of hydrogen-bond donors (Lipinski definition) is 0. The normalized spacial score (nSPS) is 12.0. The molecule has 0 saturated heterocycles. The van der Waals surface area contributed by atoms with Crippen molar-refractivity contribution in [1.82, 2.24) is 0 Å². The first-order chi connectivity index (χ1) is 9.82. The van der Waals surface area contributed by atoms with Crippen molar-refractivity contribution < 1.29 is 35.9 Å². The van der Waals surface area contributed by atoms with Gasteiger partial charge in [-0.25, -0.2) is 0 Å². The van der Waals surface area contributed by atoms with Crippen LogP contribution in [-0.4, -0.2) is 11.6 Å². The minimum absolute atomic E-state index is 0.0292. The van der Waals surface area contributed by atoms with Crippen molar-refractivity contribution in [2.24, 2.45) is 0 Å².